The van der Waals surface area contributed by atoms with Gasteiger partial charge >= 0.3 is 0 Å². The monoisotopic (exact) mass is 382 g/mol. The molecule has 0 radical (unpaired) electrons. The largest absolute Gasteiger partial charge is 0.482 e. The number of anilines is 1. The van der Waals surface area contributed by atoms with Crippen LogP contribution in [0.15, 0.2) is 24.3 Å². The molecule has 8 heteroatoms. The van der Waals surface area contributed by atoms with E-state index in [0.717, 1.165) is 6.42 Å². The maximum Gasteiger partial charge on any atom is 0.261 e. The summed E-state index contributed by atoms with van der Waals surface area (Å²) < 4.78 is 29.2. The van der Waals surface area contributed by atoms with Gasteiger partial charge in [-0.15, -0.1) is 0 Å². The van der Waals surface area contributed by atoms with Gasteiger partial charge < -0.3 is 15.0 Å². The first-order valence-electron chi connectivity index (χ1n) is 8.74. The number of rotatable bonds is 7. The van der Waals surface area contributed by atoms with Gasteiger partial charge in [0.15, 0.2) is 16.4 Å². The molecule has 0 saturated carbocycles. The first kappa shape index (κ1) is 20.2. The number of carbonyl (C=O) groups is 2. The topological polar surface area (TPSA) is 92.8 Å². The van der Waals surface area contributed by atoms with Crippen molar-refractivity contribution in [2.75, 3.05) is 23.4 Å². The number of hydrogen-bond acceptors (Lipinski definition) is 5. The molecule has 2 atom stereocenters. The van der Waals surface area contributed by atoms with Gasteiger partial charge in [0.1, 0.15) is 5.75 Å². The molecule has 1 aromatic rings. The van der Waals surface area contributed by atoms with Gasteiger partial charge in [-0.1, -0.05) is 19.1 Å². The predicted molar refractivity (Wildman–Crippen MR) is 99.9 cm³/mol. The van der Waals surface area contributed by atoms with Crippen LogP contribution < -0.4 is 10.1 Å². The highest BCUT2D eigenvalue weighted by molar-refractivity contribution is 7.91. The lowest BCUT2D eigenvalue weighted by atomic mass is 10.1. The maximum absolute atomic E-state index is 12.8. The van der Waals surface area contributed by atoms with Crippen molar-refractivity contribution in [2.24, 2.45) is 0 Å². The van der Waals surface area contributed by atoms with Crippen LogP contribution in [0.5, 0.6) is 5.75 Å². The van der Waals surface area contributed by atoms with Gasteiger partial charge in [-0.3, -0.25) is 9.59 Å². The number of hydrogen-bond donors (Lipinski definition) is 1. The number of amides is 2. The summed E-state index contributed by atoms with van der Waals surface area (Å²) in [6.07, 6.45) is 1.19. The molecule has 0 aliphatic carbocycles. The number of ether oxygens (including phenoxy) is 1. The number of benzene rings is 1. The Kier molecular flexibility index (Phi) is 6.63. The summed E-state index contributed by atoms with van der Waals surface area (Å²) in [5.41, 5.74) is 0.492. The lowest BCUT2D eigenvalue weighted by Crippen LogP contribution is -2.48. The zero-order valence-corrected chi connectivity index (χ0v) is 16.2. The van der Waals surface area contributed by atoms with Crippen LogP contribution in [0.2, 0.25) is 0 Å². The molecule has 1 aliphatic rings. The van der Waals surface area contributed by atoms with Crippen molar-refractivity contribution in [3.8, 4) is 5.75 Å². The van der Waals surface area contributed by atoms with Crippen molar-refractivity contribution in [3.05, 3.63) is 24.3 Å². The first-order chi connectivity index (χ1) is 12.2. The minimum atomic E-state index is -3.09. The lowest BCUT2D eigenvalue weighted by molar-refractivity contribution is -0.137. The standard InChI is InChI=1S/C18H26N2O5S/c1-4-13(2)20(15-9-10-26(23,24)12-15)18(22)11-25-17-8-6-5-7-16(17)19-14(3)21/h5-8,13,15H,4,9-12H2,1-3H3,(H,19,21)/t13-,15-/m0/s1. The van der Waals surface area contributed by atoms with E-state index < -0.39 is 9.84 Å². The summed E-state index contributed by atoms with van der Waals surface area (Å²) in [6, 6.07) is 6.49. The van der Waals surface area contributed by atoms with E-state index in [1.54, 1.807) is 29.2 Å². The summed E-state index contributed by atoms with van der Waals surface area (Å²) in [5.74, 6) is 0.0402. The molecule has 1 aliphatic heterocycles. The molecule has 26 heavy (non-hydrogen) atoms. The van der Waals surface area contributed by atoms with Crippen LogP contribution in [0.4, 0.5) is 5.69 Å². The van der Waals surface area contributed by atoms with E-state index in [2.05, 4.69) is 5.32 Å². The SMILES string of the molecule is CC[C@H](C)N(C(=O)COc1ccccc1NC(C)=O)[C@H]1CCS(=O)(=O)C1. The van der Waals surface area contributed by atoms with Crippen molar-refractivity contribution in [1.29, 1.82) is 0 Å². The summed E-state index contributed by atoms with van der Waals surface area (Å²) in [4.78, 5) is 25.7. The molecular formula is C18H26N2O5S. The van der Waals surface area contributed by atoms with E-state index in [0.29, 0.717) is 17.9 Å². The Morgan fingerprint density at radius 1 is 1.35 bits per heavy atom. The quantitative estimate of drug-likeness (QED) is 0.777. The van der Waals surface area contributed by atoms with Crippen LogP contribution in [0, 0.1) is 0 Å². The zero-order chi connectivity index (χ0) is 19.3. The molecule has 2 amide bonds. The second kappa shape index (κ2) is 8.53. The predicted octanol–water partition coefficient (Wildman–Crippen LogP) is 1.84. The number of para-hydroxylation sites is 2. The van der Waals surface area contributed by atoms with Crippen LogP contribution in [-0.2, 0) is 19.4 Å². The van der Waals surface area contributed by atoms with E-state index in [1.807, 2.05) is 13.8 Å². The average molecular weight is 382 g/mol. The third-order valence-electron chi connectivity index (χ3n) is 4.50. The minimum Gasteiger partial charge on any atom is -0.482 e. The molecular weight excluding hydrogens is 356 g/mol. The van der Waals surface area contributed by atoms with Crippen LogP contribution in [0.3, 0.4) is 0 Å². The lowest BCUT2D eigenvalue weighted by Gasteiger charge is -2.33. The van der Waals surface area contributed by atoms with Gasteiger partial charge in [0.25, 0.3) is 5.91 Å². The highest BCUT2D eigenvalue weighted by Crippen LogP contribution is 2.25. The summed E-state index contributed by atoms with van der Waals surface area (Å²) in [6.45, 7) is 5.06. The second-order valence-corrected chi connectivity index (χ2v) is 8.81. The normalized spacial score (nSPS) is 19.6. The van der Waals surface area contributed by atoms with Crippen molar-refractivity contribution in [1.82, 2.24) is 4.90 Å². The van der Waals surface area contributed by atoms with Crippen LogP contribution in [0.1, 0.15) is 33.6 Å². The van der Waals surface area contributed by atoms with Crippen LogP contribution in [0.25, 0.3) is 0 Å². The molecule has 1 saturated heterocycles. The maximum atomic E-state index is 12.8. The first-order valence-corrected chi connectivity index (χ1v) is 10.6. The number of carbonyl (C=O) groups excluding carboxylic acids is 2. The third-order valence-corrected chi connectivity index (χ3v) is 6.25. The van der Waals surface area contributed by atoms with E-state index >= 15 is 0 Å². The average Bonchev–Trinajstić information content (AvgIpc) is 2.93. The van der Waals surface area contributed by atoms with E-state index in [-0.39, 0.29) is 42.0 Å². The number of nitrogens with one attached hydrogen (secondary N) is 1. The molecule has 1 fully saturated rings. The van der Waals surface area contributed by atoms with Crippen molar-refractivity contribution < 1.29 is 22.7 Å². The molecule has 0 unspecified atom stereocenters. The molecule has 1 aromatic carbocycles. The molecule has 2 rings (SSSR count). The Hall–Kier alpha value is -2.09. The van der Waals surface area contributed by atoms with Gasteiger partial charge in [0.05, 0.1) is 17.2 Å². The molecule has 7 nitrogen and oxygen atoms in total. The summed E-state index contributed by atoms with van der Waals surface area (Å²) in [5, 5.41) is 2.66. The van der Waals surface area contributed by atoms with Crippen LogP contribution >= 0.6 is 0 Å². The number of sulfone groups is 1. The number of nitrogens with zero attached hydrogens (tertiary/aromatic N) is 1. The highest BCUT2D eigenvalue weighted by Gasteiger charge is 2.36. The van der Waals surface area contributed by atoms with Crippen LogP contribution in [-0.4, -0.2) is 55.3 Å². The van der Waals surface area contributed by atoms with Gasteiger partial charge in [0, 0.05) is 19.0 Å². The Morgan fingerprint density at radius 3 is 2.62 bits per heavy atom. The fraction of sp³-hybridized carbons (Fsp3) is 0.556. The smallest absolute Gasteiger partial charge is 0.261 e. The minimum absolute atomic E-state index is 0.00551. The zero-order valence-electron chi connectivity index (χ0n) is 15.4. The molecule has 0 aromatic heterocycles. The molecule has 144 valence electrons. The molecule has 0 spiro atoms. The fourth-order valence-electron chi connectivity index (χ4n) is 3.10. The van der Waals surface area contributed by atoms with Gasteiger partial charge in [0.2, 0.25) is 5.91 Å². The third kappa shape index (κ3) is 5.20. The van der Waals surface area contributed by atoms with E-state index in [9.17, 15) is 18.0 Å². The van der Waals surface area contributed by atoms with E-state index in [4.69, 9.17) is 4.74 Å². The van der Waals surface area contributed by atoms with Gasteiger partial charge in [-0.05, 0) is 31.9 Å². The Morgan fingerprint density at radius 2 is 2.04 bits per heavy atom. The summed E-state index contributed by atoms with van der Waals surface area (Å²) >= 11 is 0. The Labute approximate surface area is 154 Å². The highest BCUT2D eigenvalue weighted by atomic mass is 32.2. The van der Waals surface area contributed by atoms with Crippen molar-refractivity contribution in [3.63, 3.8) is 0 Å². The Bertz CT molecular complexity index is 763. The van der Waals surface area contributed by atoms with Gasteiger partial charge in [-0.25, -0.2) is 8.42 Å². The second-order valence-electron chi connectivity index (χ2n) is 6.58. The molecule has 0 bridgehead atoms. The molecule has 1 heterocycles. The molecule has 1 N–H and O–H groups in total. The van der Waals surface area contributed by atoms with Crippen molar-refractivity contribution in [2.45, 2.75) is 45.7 Å². The van der Waals surface area contributed by atoms with E-state index in [1.165, 1.54) is 6.92 Å². The van der Waals surface area contributed by atoms with Crippen molar-refractivity contribution >= 4 is 27.3 Å². The van der Waals surface area contributed by atoms with Gasteiger partial charge in [-0.2, -0.15) is 0 Å². The summed E-state index contributed by atoms with van der Waals surface area (Å²) in [7, 11) is -3.09. The Balaban J connectivity index is 2.10. The fourth-order valence-corrected chi connectivity index (χ4v) is 4.81.